The van der Waals surface area contributed by atoms with Crippen molar-refractivity contribution in [2.45, 2.75) is 38.5 Å². The Balaban J connectivity index is 2.06. The van der Waals surface area contributed by atoms with Crippen molar-refractivity contribution in [1.29, 1.82) is 0 Å². The molecule has 0 bridgehead atoms. The predicted octanol–water partition coefficient (Wildman–Crippen LogP) is 3.55. The summed E-state index contributed by atoms with van der Waals surface area (Å²) in [6.07, 6.45) is 6.89. The van der Waals surface area contributed by atoms with Crippen molar-refractivity contribution in [3.63, 3.8) is 0 Å². The van der Waals surface area contributed by atoms with Gasteiger partial charge in [0.05, 0.1) is 0 Å². The van der Waals surface area contributed by atoms with Gasteiger partial charge in [0.25, 0.3) is 0 Å². The Labute approximate surface area is 119 Å². The largest absolute Gasteiger partial charge is 0.373 e. The molecule has 0 saturated heterocycles. The molecule has 1 saturated carbocycles. The lowest BCUT2D eigenvalue weighted by atomic mass is 10.0. The molecule has 0 aromatic carbocycles. The lowest BCUT2D eigenvalue weighted by Crippen LogP contribution is -2.05. The van der Waals surface area contributed by atoms with E-state index in [0.29, 0.717) is 5.92 Å². The molecule has 1 aliphatic rings. The van der Waals surface area contributed by atoms with Gasteiger partial charge in [-0.1, -0.05) is 18.9 Å². The fourth-order valence-corrected chi connectivity index (χ4v) is 2.85. The molecule has 4 heteroatoms. The number of nitrogens with one attached hydrogen (secondary N) is 1. The maximum atomic E-state index is 4.78. The van der Waals surface area contributed by atoms with E-state index < -0.39 is 0 Å². The molecular formula is C16H20N4. The van der Waals surface area contributed by atoms with E-state index in [9.17, 15) is 0 Å². The van der Waals surface area contributed by atoms with Crippen molar-refractivity contribution in [3.05, 3.63) is 35.7 Å². The number of aromatic nitrogens is 3. The molecule has 104 valence electrons. The summed E-state index contributed by atoms with van der Waals surface area (Å²) in [6, 6.07) is 6.07. The summed E-state index contributed by atoms with van der Waals surface area (Å²) in [7, 11) is 1.90. The van der Waals surface area contributed by atoms with Crippen molar-refractivity contribution in [3.8, 4) is 11.5 Å². The van der Waals surface area contributed by atoms with Gasteiger partial charge in [-0.05, 0) is 31.4 Å². The average Bonchev–Trinajstić information content (AvgIpc) is 3.01. The molecule has 0 radical (unpaired) electrons. The van der Waals surface area contributed by atoms with E-state index in [2.05, 4.69) is 21.4 Å². The highest BCUT2D eigenvalue weighted by Gasteiger charge is 2.20. The maximum absolute atomic E-state index is 4.78. The first-order valence-electron chi connectivity index (χ1n) is 7.26. The molecule has 1 N–H and O–H groups in total. The van der Waals surface area contributed by atoms with Crippen molar-refractivity contribution >= 4 is 5.82 Å². The molecule has 3 rings (SSSR count). The van der Waals surface area contributed by atoms with Crippen molar-refractivity contribution in [2.75, 3.05) is 12.4 Å². The van der Waals surface area contributed by atoms with Crippen molar-refractivity contribution in [1.82, 2.24) is 15.0 Å². The summed E-state index contributed by atoms with van der Waals surface area (Å²) in [6.45, 7) is 2.05. The van der Waals surface area contributed by atoms with E-state index in [1.165, 1.54) is 25.7 Å². The summed E-state index contributed by atoms with van der Waals surface area (Å²) in [5, 5.41) is 3.14. The quantitative estimate of drug-likeness (QED) is 0.925. The summed E-state index contributed by atoms with van der Waals surface area (Å²) in [5.41, 5.74) is 3.14. The molecule has 0 atom stereocenters. The minimum Gasteiger partial charge on any atom is -0.373 e. The SMILES string of the molecule is CNc1cc(C2CCCC2)nc(-c2ncccc2C)n1. The van der Waals surface area contributed by atoms with Crippen LogP contribution in [0.1, 0.15) is 42.9 Å². The number of pyridine rings is 1. The fourth-order valence-electron chi connectivity index (χ4n) is 2.85. The second-order valence-electron chi connectivity index (χ2n) is 5.40. The highest BCUT2D eigenvalue weighted by molar-refractivity contribution is 5.57. The molecule has 4 nitrogen and oxygen atoms in total. The lowest BCUT2D eigenvalue weighted by molar-refractivity contribution is 0.695. The van der Waals surface area contributed by atoms with Gasteiger partial charge in [0.2, 0.25) is 0 Å². The van der Waals surface area contributed by atoms with Crippen LogP contribution in [-0.4, -0.2) is 22.0 Å². The van der Waals surface area contributed by atoms with Crippen LogP contribution in [0.3, 0.4) is 0 Å². The van der Waals surface area contributed by atoms with Crippen LogP contribution in [-0.2, 0) is 0 Å². The van der Waals surface area contributed by atoms with Crippen LogP contribution in [0.5, 0.6) is 0 Å². The van der Waals surface area contributed by atoms with Crippen LogP contribution >= 0.6 is 0 Å². The van der Waals surface area contributed by atoms with Gasteiger partial charge in [0.1, 0.15) is 11.5 Å². The van der Waals surface area contributed by atoms with E-state index in [0.717, 1.165) is 28.6 Å². The van der Waals surface area contributed by atoms with E-state index in [1.807, 2.05) is 26.1 Å². The number of rotatable bonds is 3. The Hall–Kier alpha value is -1.97. The van der Waals surface area contributed by atoms with E-state index >= 15 is 0 Å². The van der Waals surface area contributed by atoms with Crippen molar-refractivity contribution in [2.24, 2.45) is 0 Å². The van der Waals surface area contributed by atoms with Gasteiger partial charge in [-0.25, -0.2) is 9.97 Å². The van der Waals surface area contributed by atoms with Gasteiger partial charge in [-0.3, -0.25) is 4.98 Å². The maximum Gasteiger partial charge on any atom is 0.180 e. The number of hydrogen-bond acceptors (Lipinski definition) is 4. The van der Waals surface area contributed by atoms with Crippen LogP contribution in [0.25, 0.3) is 11.5 Å². The zero-order valence-electron chi connectivity index (χ0n) is 12.1. The predicted molar refractivity (Wildman–Crippen MR) is 80.8 cm³/mol. The van der Waals surface area contributed by atoms with Crippen LogP contribution < -0.4 is 5.32 Å². The Bertz CT molecular complexity index is 603. The summed E-state index contributed by atoms with van der Waals surface area (Å²) >= 11 is 0. The van der Waals surface area contributed by atoms with Crippen LogP contribution in [0.2, 0.25) is 0 Å². The molecular weight excluding hydrogens is 248 g/mol. The molecule has 0 spiro atoms. The first kappa shape index (κ1) is 13.0. The topological polar surface area (TPSA) is 50.7 Å². The van der Waals surface area contributed by atoms with Gasteiger partial charge < -0.3 is 5.32 Å². The minimum atomic E-state index is 0.577. The second kappa shape index (κ2) is 5.57. The first-order valence-corrected chi connectivity index (χ1v) is 7.26. The Kier molecular flexibility index (Phi) is 3.63. The Morgan fingerprint density at radius 1 is 1.20 bits per heavy atom. The molecule has 0 unspecified atom stereocenters. The van der Waals surface area contributed by atoms with Crippen LogP contribution in [0.4, 0.5) is 5.82 Å². The third-order valence-corrected chi connectivity index (χ3v) is 4.00. The van der Waals surface area contributed by atoms with Crippen molar-refractivity contribution < 1.29 is 0 Å². The third kappa shape index (κ3) is 2.50. The normalized spacial score (nSPS) is 15.5. The summed E-state index contributed by atoms with van der Waals surface area (Å²) in [5.74, 6) is 2.19. The number of nitrogens with zero attached hydrogens (tertiary/aromatic N) is 3. The second-order valence-corrected chi connectivity index (χ2v) is 5.40. The molecule has 2 aromatic rings. The molecule has 1 aliphatic carbocycles. The van der Waals surface area contributed by atoms with E-state index in [-0.39, 0.29) is 0 Å². The average molecular weight is 268 g/mol. The molecule has 20 heavy (non-hydrogen) atoms. The van der Waals surface area contributed by atoms with E-state index in [1.54, 1.807) is 6.20 Å². The first-order chi connectivity index (χ1) is 9.78. The summed E-state index contributed by atoms with van der Waals surface area (Å²) in [4.78, 5) is 13.8. The van der Waals surface area contributed by atoms with Crippen LogP contribution in [0.15, 0.2) is 24.4 Å². The molecule has 2 aromatic heterocycles. The smallest absolute Gasteiger partial charge is 0.180 e. The van der Waals surface area contributed by atoms with Gasteiger partial charge in [-0.15, -0.1) is 0 Å². The van der Waals surface area contributed by atoms with E-state index in [4.69, 9.17) is 4.98 Å². The van der Waals surface area contributed by atoms with Gasteiger partial charge >= 0.3 is 0 Å². The highest BCUT2D eigenvalue weighted by Crippen LogP contribution is 2.34. The Morgan fingerprint density at radius 2 is 2.00 bits per heavy atom. The number of hydrogen-bond donors (Lipinski definition) is 1. The zero-order valence-corrected chi connectivity index (χ0v) is 12.1. The van der Waals surface area contributed by atoms with Gasteiger partial charge in [0, 0.05) is 30.9 Å². The third-order valence-electron chi connectivity index (χ3n) is 4.00. The number of anilines is 1. The monoisotopic (exact) mass is 268 g/mol. The van der Waals surface area contributed by atoms with Gasteiger partial charge in [-0.2, -0.15) is 0 Å². The lowest BCUT2D eigenvalue weighted by Gasteiger charge is -2.12. The van der Waals surface area contributed by atoms with Crippen LogP contribution in [0, 0.1) is 6.92 Å². The minimum absolute atomic E-state index is 0.577. The molecule has 2 heterocycles. The number of aryl methyl sites for hydroxylation is 1. The standard InChI is InChI=1S/C16H20N4/c1-11-6-5-9-18-15(11)16-19-13(10-14(17-2)20-16)12-7-3-4-8-12/h5-6,9-10,12H,3-4,7-8H2,1-2H3,(H,17,19,20). The Morgan fingerprint density at radius 3 is 2.70 bits per heavy atom. The zero-order chi connectivity index (χ0) is 13.9. The summed E-state index contributed by atoms with van der Waals surface area (Å²) < 4.78 is 0. The molecule has 0 aliphatic heterocycles. The highest BCUT2D eigenvalue weighted by atomic mass is 15.0. The molecule has 0 amide bonds. The van der Waals surface area contributed by atoms with Gasteiger partial charge in [0.15, 0.2) is 5.82 Å². The molecule has 1 fully saturated rings. The fraction of sp³-hybridized carbons (Fsp3) is 0.438.